The van der Waals surface area contributed by atoms with E-state index in [1.54, 1.807) is 25.1 Å². The van der Waals surface area contributed by atoms with Gasteiger partial charge < -0.3 is 11.1 Å². The lowest BCUT2D eigenvalue weighted by molar-refractivity contribution is -0.119. The number of sulfonamides is 1. The molecule has 1 aromatic carbocycles. The summed E-state index contributed by atoms with van der Waals surface area (Å²) in [6.07, 6.45) is 1.77. The highest BCUT2D eigenvalue weighted by molar-refractivity contribution is 7.92. The summed E-state index contributed by atoms with van der Waals surface area (Å²) >= 11 is 0. The number of nitrogens with two attached hydrogens (primary N) is 1. The molecule has 1 atom stereocenters. The van der Waals surface area contributed by atoms with Gasteiger partial charge in [-0.1, -0.05) is 6.92 Å². The highest BCUT2D eigenvalue weighted by Gasteiger charge is 2.15. The topological polar surface area (TPSA) is 101 Å². The lowest BCUT2D eigenvalue weighted by Crippen LogP contribution is -2.28. The number of carbonyl (C=O) groups is 1. The molecule has 20 heavy (non-hydrogen) atoms. The fourth-order valence-electron chi connectivity index (χ4n) is 1.76. The Morgan fingerprint density at radius 3 is 2.50 bits per heavy atom. The Balaban J connectivity index is 2.85. The first-order valence-corrected chi connectivity index (χ1v) is 8.25. The maximum absolute atomic E-state index is 11.9. The van der Waals surface area contributed by atoms with Crippen LogP contribution in [-0.2, 0) is 14.8 Å². The second kappa shape index (κ2) is 6.71. The van der Waals surface area contributed by atoms with Gasteiger partial charge >= 0.3 is 0 Å². The van der Waals surface area contributed by atoms with E-state index in [0.29, 0.717) is 24.3 Å². The summed E-state index contributed by atoms with van der Waals surface area (Å²) in [7, 11) is -3.31. The van der Waals surface area contributed by atoms with Crippen molar-refractivity contribution in [2.45, 2.75) is 20.3 Å². The van der Waals surface area contributed by atoms with Crippen LogP contribution in [0.2, 0.25) is 0 Å². The van der Waals surface area contributed by atoms with Crippen LogP contribution in [0.4, 0.5) is 11.4 Å². The van der Waals surface area contributed by atoms with E-state index in [9.17, 15) is 13.2 Å². The SMILES string of the molecule is CCC(CN)C(=O)Nc1ccc(NS(C)(=O)=O)c(C)c1. The minimum absolute atomic E-state index is 0.127. The molecule has 4 N–H and O–H groups in total. The molecule has 0 saturated heterocycles. The summed E-state index contributed by atoms with van der Waals surface area (Å²) < 4.78 is 24.8. The van der Waals surface area contributed by atoms with Crippen molar-refractivity contribution in [1.29, 1.82) is 0 Å². The van der Waals surface area contributed by atoms with Gasteiger partial charge in [0.15, 0.2) is 0 Å². The first kappa shape index (κ1) is 16.5. The van der Waals surface area contributed by atoms with Gasteiger partial charge in [-0.25, -0.2) is 8.42 Å². The average molecular weight is 299 g/mol. The van der Waals surface area contributed by atoms with Gasteiger partial charge in [0.25, 0.3) is 0 Å². The molecular weight excluding hydrogens is 278 g/mol. The zero-order chi connectivity index (χ0) is 15.3. The zero-order valence-corrected chi connectivity index (χ0v) is 12.8. The van der Waals surface area contributed by atoms with Gasteiger partial charge in [-0.05, 0) is 37.1 Å². The molecule has 1 rings (SSSR count). The van der Waals surface area contributed by atoms with Crippen molar-refractivity contribution in [2.75, 3.05) is 22.8 Å². The van der Waals surface area contributed by atoms with Crippen molar-refractivity contribution in [1.82, 2.24) is 0 Å². The van der Waals surface area contributed by atoms with E-state index in [1.807, 2.05) is 6.92 Å². The fourth-order valence-corrected chi connectivity index (χ4v) is 2.39. The molecule has 1 amide bonds. The number of nitrogens with one attached hydrogen (secondary N) is 2. The molecule has 0 radical (unpaired) electrons. The number of amides is 1. The van der Waals surface area contributed by atoms with E-state index in [-0.39, 0.29) is 11.8 Å². The normalized spacial score (nSPS) is 12.8. The van der Waals surface area contributed by atoms with Crippen LogP contribution in [0.15, 0.2) is 18.2 Å². The molecule has 0 heterocycles. The summed E-state index contributed by atoms with van der Waals surface area (Å²) in [5.41, 5.74) is 7.37. The highest BCUT2D eigenvalue weighted by atomic mass is 32.2. The summed E-state index contributed by atoms with van der Waals surface area (Å²) in [4.78, 5) is 11.9. The van der Waals surface area contributed by atoms with Crippen LogP contribution in [0, 0.1) is 12.8 Å². The molecule has 0 aliphatic carbocycles. The molecule has 0 aromatic heterocycles. The van der Waals surface area contributed by atoms with Crippen molar-refractivity contribution in [2.24, 2.45) is 11.7 Å². The van der Waals surface area contributed by atoms with Crippen LogP contribution in [-0.4, -0.2) is 27.1 Å². The predicted octanol–water partition coefficient (Wildman–Crippen LogP) is 1.29. The minimum Gasteiger partial charge on any atom is -0.330 e. The number of benzene rings is 1. The Kier molecular flexibility index (Phi) is 5.52. The number of carbonyl (C=O) groups excluding carboxylic acids is 1. The highest BCUT2D eigenvalue weighted by Crippen LogP contribution is 2.21. The molecule has 0 bridgehead atoms. The zero-order valence-electron chi connectivity index (χ0n) is 11.9. The third kappa shape index (κ3) is 4.82. The molecule has 7 heteroatoms. The number of aryl methyl sites for hydroxylation is 1. The van der Waals surface area contributed by atoms with Gasteiger partial charge in [-0.3, -0.25) is 9.52 Å². The standard InChI is InChI=1S/C13H21N3O3S/c1-4-10(8-14)13(17)15-11-5-6-12(9(2)7-11)16-20(3,18)19/h5-7,10,16H,4,8,14H2,1-3H3,(H,15,17). The molecule has 0 fully saturated rings. The van der Waals surface area contributed by atoms with Crippen LogP contribution >= 0.6 is 0 Å². The van der Waals surface area contributed by atoms with E-state index in [4.69, 9.17) is 5.73 Å². The molecule has 112 valence electrons. The van der Waals surface area contributed by atoms with Crippen molar-refractivity contribution < 1.29 is 13.2 Å². The maximum Gasteiger partial charge on any atom is 0.229 e. The monoisotopic (exact) mass is 299 g/mol. The first-order chi connectivity index (χ1) is 9.26. The van der Waals surface area contributed by atoms with Crippen LogP contribution in [0.3, 0.4) is 0 Å². The molecule has 0 aliphatic heterocycles. The average Bonchev–Trinajstić information content (AvgIpc) is 2.33. The van der Waals surface area contributed by atoms with E-state index >= 15 is 0 Å². The van der Waals surface area contributed by atoms with Crippen molar-refractivity contribution >= 4 is 27.3 Å². The second-order valence-corrected chi connectivity index (χ2v) is 6.48. The smallest absolute Gasteiger partial charge is 0.229 e. The summed E-state index contributed by atoms with van der Waals surface area (Å²) in [5, 5.41) is 2.78. The van der Waals surface area contributed by atoms with Crippen molar-refractivity contribution in [3.8, 4) is 0 Å². The van der Waals surface area contributed by atoms with Crippen molar-refractivity contribution in [3.05, 3.63) is 23.8 Å². The maximum atomic E-state index is 11.9. The molecular formula is C13H21N3O3S. The largest absolute Gasteiger partial charge is 0.330 e. The van der Waals surface area contributed by atoms with Gasteiger partial charge in [0.2, 0.25) is 15.9 Å². The van der Waals surface area contributed by atoms with Gasteiger partial charge in [-0.2, -0.15) is 0 Å². The quantitative estimate of drug-likeness (QED) is 0.736. The lowest BCUT2D eigenvalue weighted by Gasteiger charge is -2.14. The predicted molar refractivity (Wildman–Crippen MR) is 81.1 cm³/mol. The number of rotatable bonds is 6. The Morgan fingerprint density at radius 1 is 1.40 bits per heavy atom. The first-order valence-electron chi connectivity index (χ1n) is 6.36. The Hall–Kier alpha value is -1.60. The molecule has 1 aromatic rings. The van der Waals surface area contributed by atoms with Gasteiger partial charge in [0, 0.05) is 12.2 Å². The van der Waals surface area contributed by atoms with Crippen LogP contribution in [0.5, 0.6) is 0 Å². The summed E-state index contributed by atoms with van der Waals surface area (Å²) in [6, 6.07) is 4.99. The number of hydrogen-bond acceptors (Lipinski definition) is 4. The third-order valence-electron chi connectivity index (χ3n) is 2.94. The molecule has 0 aliphatic rings. The third-order valence-corrected chi connectivity index (χ3v) is 3.53. The van der Waals surface area contributed by atoms with E-state index in [1.165, 1.54) is 0 Å². The Morgan fingerprint density at radius 2 is 2.05 bits per heavy atom. The van der Waals surface area contributed by atoms with Crippen LogP contribution in [0.25, 0.3) is 0 Å². The van der Waals surface area contributed by atoms with E-state index in [2.05, 4.69) is 10.0 Å². The Labute approximate surface area is 119 Å². The van der Waals surface area contributed by atoms with Crippen LogP contribution < -0.4 is 15.8 Å². The number of hydrogen-bond donors (Lipinski definition) is 3. The fraction of sp³-hybridized carbons (Fsp3) is 0.462. The molecule has 0 saturated carbocycles. The Bertz CT molecular complexity index is 581. The minimum atomic E-state index is -3.31. The summed E-state index contributed by atoms with van der Waals surface area (Å²) in [5.74, 6) is -0.345. The molecule has 1 unspecified atom stereocenters. The lowest BCUT2D eigenvalue weighted by atomic mass is 10.1. The number of anilines is 2. The molecule has 6 nitrogen and oxygen atoms in total. The van der Waals surface area contributed by atoms with Gasteiger partial charge in [0.1, 0.15) is 0 Å². The second-order valence-electron chi connectivity index (χ2n) is 4.73. The van der Waals surface area contributed by atoms with E-state index < -0.39 is 10.0 Å². The van der Waals surface area contributed by atoms with E-state index in [0.717, 1.165) is 11.8 Å². The van der Waals surface area contributed by atoms with Gasteiger partial charge in [0.05, 0.1) is 17.9 Å². The summed E-state index contributed by atoms with van der Waals surface area (Å²) in [6.45, 7) is 3.97. The van der Waals surface area contributed by atoms with Crippen LogP contribution in [0.1, 0.15) is 18.9 Å². The van der Waals surface area contributed by atoms with Crippen molar-refractivity contribution in [3.63, 3.8) is 0 Å². The molecule has 0 spiro atoms. The van der Waals surface area contributed by atoms with Gasteiger partial charge in [-0.15, -0.1) is 0 Å².